The number of ether oxygens (including phenoxy) is 2. The second-order valence-corrected chi connectivity index (χ2v) is 6.04. The van der Waals surface area contributed by atoms with Gasteiger partial charge in [-0.2, -0.15) is 0 Å². The minimum atomic E-state index is 0.133. The van der Waals surface area contributed by atoms with Crippen molar-refractivity contribution in [1.29, 1.82) is 0 Å². The first-order valence-electron chi connectivity index (χ1n) is 8.74. The van der Waals surface area contributed by atoms with Crippen LogP contribution in [0.3, 0.4) is 0 Å². The van der Waals surface area contributed by atoms with Crippen LogP contribution in [0.1, 0.15) is 25.8 Å². The highest BCUT2D eigenvalue weighted by Crippen LogP contribution is 2.29. The number of rotatable bonds is 8. The number of anilines is 1. The average molecular weight is 352 g/mol. The molecule has 0 aliphatic carbocycles. The molecule has 1 N–H and O–H groups in total. The maximum atomic E-state index is 5.97. The highest BCUT2D eigenvalue weighted by Gasteiger charge is 2.10. The van der Waals surface area contributed by atoms with Crippen LogP contribution in [-0.4, -0.2) is 28.0 Å². The van der Waals surface area contributed by atoms with E-state index in [1.807, 2.05) is 60.0 Å². The molecule has 0 radical (unpaired) electrons. The number of hydrogen-bond acceptors (Lipinski definition) is 5. The van der Waals surface area contributed by atoms with E-state index in [0.717, 1.165) is 29.2 Å². The van der Waals surface area contributed by atoms with Crippen LogP contribution in [-0.2, 0) is 6.54 Å². The molecule has 136 valence electrons. The van der Waals surface area contributed by atoms with Gasteiger partial charge in [0, 0.05) is 6.54 Å². The predicted octanol–water partition coefficient (Wildman–Crippen LogP) is 4.07. The lowest BCUT2D eigenvalue weighted by Crippen LogP contribution is -2.11. The summed E-state index contributed by atoms with van der Waals surface area (Å²) in [5, 5.41) is 11.5. The summed E-state index contributed by atoms with van der Waals surface area (Å²) in [6.07, 6.45) is 2.77. The van der Waals surface area contributed by atoms with Gasteiger partial charge in [-0.05, 0) is 43.2 Å². The van der Waals surface area contributed by atoms with Gasteiger partial charge in [-0.15, -0.1) is 10.2 Å². The molecule has 0 saturated carbocycles. The molecule has 1 heterocycles. The summed E-state index contributed by atoms with van der Waals surface area (Å²) < 4.78 is 13.3. The molecule has 1 aromatic heterocycles. The highest BCUT2D eigenvalue weighted by atomic mass is 16.5. The largest absolute Gasteiger partial charge is 0.493 e. The monoisotopic (exact) mass is 352 g/mol. The van der Waals surface area contributed by atoms with Crippen LogP contribution < -0.4 is 14.8 Å². The van der Waals surface area contributed by atoms with E-state index in [1.54, 1.807) is 13.4 Å². The number of para-hydroxylation sites is 1. The number of nitrogens with one attached hydrogen (secondary N) is 1. The Balaban J connectivity index is 1.74. The van der Waals surface area contributed by atoms with Gasteiger partial charge < -0.3 is 14.8 Å². The van der Waals surface area contributed by atoms with Crippen molar-refractivity contribution >= 4 is 5.95 Å². The first-order chi connectivity index (χ1) is 12.7. The molecule has 0 unspecified atom stereocenters. The first kappa shape index (κ1) is 17.8. The zero-order chi connectivity index (χ0) is 18.4. The Morgan fingerprint density at radius 1 is 1.12 bits per heavy atom. The normalized spacial score (nSPS) is 11.8. The third kappa shape index (κ3) is 4.14. The van der Waals surface area contributed by atoms with Gasteiger partial charge in [0.25, 0.3) is 0 Å². The fourth-order valence-corrected chi connectivity index (χ4v) is 2.54. The van der Waals surface area contributed by atoms with E-state index in [0.29, 0.717) is 12.5 Å². The van der Waals surface area contributed by atoms with Gasteiger partial charge in [0.05, 0.1) is 18.9 Å². The molecule has 6 nitrogen and oxygen atoms in total. The second-order valence-electron chi connectivity index (χ2n) is 6.04. The van der Waals surface area contributed by atoms with Crippen molar-refractivity contribution in [3.63, 3.8) is 0 Å². The Labute approximate surface area is 153 Å². The summed E-state index contributed by atoms with van der Waals surface area (Å²) in [5.74, 6) is 2.18. The molecule has 3 rings (SSSR count). The number of methoxy groups -OCH3 is 1. The fourth-order valence-electron chi connectivity index (χ4n) is 2.54. The second kappa shape index (κ2) is 8.38. The molecule has 3 aromatic rings. The molecule has 0 aliphatic heterocycles. The van der Waals surface area contributed by atoms with Crippen LogP contribution in [0, 0.1) is 0 Å². The minimum Gasteiger partial charge on any atom is -0.493 e. The minimum absolute atomic E-state index is 0.133. The molecule has 1 atom stereocenters. The molecule has 26 heavy (non-hydrogen) atoms. The van der Waals surface area contributed by atoms with E-state index in [9.17, 15) is 0 Å². The molecule has 6 heteroatoms. The van der Waals surface area contributed by atoms with Crippen molar-refractivity contribution in [3.05, 3.63) is 60.4 Å². The number of nitrogens with zero attached hydrogens (tertiary/aromatic N) is 3. The van der Waals surface area contributed by atoms with Crippen LogP contribution in [0.5, 0.6) is 11.5 Å². The maximum absolute atomic E-state index is 5.97. The van der Waals surface area contributed by atoms with Crippen molar-refractivity contribution < 1.29 is 9.47 Å². The van der Waals surface area contributed by atoms with Gasteiger partial charge in [-0.25, -0.2) is 0 Å². The van der Waals surface area contributed by atoms with Crippen LogP contribution in [0.15, 0.2) is 54.9 Å². The van der Waals surface area contributed by atoms with E-state index in [-0.39, 0.29) is 6.10 Å². The van der Waals surface area contributed by atoms with Gasteiger partial charge in [0.2, 0.25) is 5.95 Å². The molecule has 0 amide bonds. The molecule has 0 bridgehead atoms. The summed E-state index contributed by atoms with van der Waals surface area (Å²) in [4.78, 5) is 0. The smallest absolute Gasteiger partial charge is 0.229 e. The fraction of sp³-hybridized carbons (Fsp3) is 0.300. The van der Waals surface area contributed by atoms with E-state index >= 15 is 0 Å². The molecular weight excluding hydrogens is 328 g/mol. The lowest BCUT2D eigenvalue weighted by molar-refractivity contribution is 0.207. The van der Waals surface area contributed by atoms with Crippen LogP contribution in [0.25, 0.3) is 5.69 Å². The van der Waals surface area contributed by atoms with Gasteiger partial charge in [0.15, 0.2) is 11.5 Å². The topological polar surface area (TPSA) is 61.2 Å². The SMILES string of the molecule is CC[C@@H](C)Oc1cc(CNc2nncn2-c2ccccc2)ccc1OC. The summed E-state index contributed by atoms with van der Waals surface area (Å²) in [6, 6.07) is 15.9. The van der Waals surface area contributed by atoms with E-state index in [4.69, 9.17) is 9.47 Å². The zero-order valence-corrected chi connectivity index (χ0v) is 15.3. The van der Waals surface area contributed by atoms with Crippen molar-refractivity contribution in [3.8, 4) is 17.2 Å². The standard InChI is InChI=1S/C20H24N4O2/c1-4-15(2)26-19-12-16(10-11-18(19)25-3)13-21-20-23-22-14-24(20)17-8-6-5-7-9-17/h5-12,14-15H,4,13H2,1-3H3,(H,21,23)/t15-/m1/s1. The average Bonchev–Trinajstić information content (AvgIpc) is 3.15. The van der Waals surface area contributed by atoms with Gasteiger partial charge in [-0.1, -0.05) is 31.2 Å². The lowest BCUT2D eigenvalue weighted by Gasteiger charge is -2.17. The van der Waals surface area contributed by atoms with Crippen LogP contribution >= 0.6 is 0 Å². The van der Waals surface area contributed by atoms with E-state index < -0.39 is 0 Å². The van der Waals surface area contributed by atoms with Gasteiger partial charge >= 0.3 is 0 Å². The lowest BCUT2D eigenvalue weighted by atomic mass is 10.2. The molecule has 2 aromatic carbocycles. The van der Waals surface area contributed by atoms with Crippen LogP contribution in [0.4, 0.5) is 5.95 Å². The first-order valence-corrected chi connectivity index (χ1v) is 8.74. The third-order valence-electron chi connectivity index (χ3n) is 4.16. The Hall–Kier alpha value is -3.02. The molecule has 0 aliphatic rings. The molecular formula is C20H24N4O2. The Bertz CT molecular complexity index is 833. The number of aromatic nitrogens is 3. The summed E-state index contributed by atoms with van der Waals surface area (Å²) in [7, 11) is 1.65. The number of benzene rings is 2. The molecule has 0 fully saturated rings. The quantitative estimate of drug-likeness (QED) is 0.662. The summed E-state index contributed by atoms with van der Waals surface area (Å²) in [5.41, 5.74) is 2.09. The Morgan fingerprint density at radius 3 is 2.65 bits per heavy atom. The maximum Gasteiger partial charge on any atom is 0.229 e. The van der Waals surface area contributed by atoms with E-state index in [1.165, 1.54) is 0 Å². The summed E-state index contributed by atoms with van der Waals surface area (Å²) in [6.45, 7) is 4.75. The molecule has 0 saturated heterocycles. The third-order valence-corrected chi connectivity index (χ3v) is 4.16. The zero-order valence-electron chi connectivity index (χ0n) is 15.3. The van der Waals surface area contributed by atoms with Crippen LogP contribution in [0.2, 0.25) is 0 Å². The van der Waals surface area contributed by atoms with Gasteiger partial charge in [0.1, 0.15) is 6.33 Å². The Kier molecular flexibility index (Phi) is 5.73. The van der Waals surface area contributed by atoms with Crippen molar-refractivity contribution in [2.75, 3.05) is 12.4 Å². The van der Waals surface area contributed by atoms with Crippen molar-refractivity contribution in [2.45, 2.75) is 32.9 Å². The van der Waals surface area contributed by atoms with E-state index in [2.05, 4.69) is 22.4 Å². The van der Waals surface area contributed by atoms with Crippen molar-refractivity contribution in [2.24, 2.45) is 0 Å². The predicted molar refractivity (Wildman–Crippen MR) is 102 cm³/mol. The molecule has 0 spiro atoms. The summed E-state index contributed by atoms with van der Waals surface area (Å²) >= 11 is 0. The van der Waals surface area contributed by atoms with Gasteiger partial charge in [-0.3, -0.25) is 4.57 Å². The Morgan fingerprint density at radius 2 is 1.92 bits per heavy atom. The highest BCUT2D eigenvalue weighted by molar-refractivity contribution is 5.45. The number of hydrogen-bond donors (Lipinski definition) is 1. The van der Waals surface area contributed by atoms with Crippen molar-refractivity contribution in [1.82, 2.24) is 14.8 Å².